The molecule has 0 heterocycles. The van der Waals surface area contributed by atoms with Gasteiger partial charge in [0.15, 0.2) is 0 Å². The summed E-state index contributed by atoms with van der Waals surface area (Å²) in [4.78, 5) is 10.8. The summed E-state index contributed by atoms with van der Waals surface area (Å²) in [5.74, 6) is -1.89. The Bertz CT molecular complexity index is 542. The molecule has 0 radical (unpaired) electrons. The molecule has 0 fully saturated rings. The van der Waals surface area contributed by atoms with Crippen LogP contribution in [-0.2, 0) is 14.8 Å². The van der Waals surface area contributed by atoms with Gasteiger partial charge in [-0.25, -0.2) is 13.1 Å². The molecule has 7 heteroatoms. The summed E-state index contributed by atoms with van der Waals surface area (Å²) in [5.41, 5.74) is 0. The van der Waals surface area contributed by atoms with Crippen LogP contribution in [0.5, 0.6) is 0 Å². The molecule has 5 nitrogen and oxygen atoms in total. The highest BCUT2D eigenvalue weighted by Crippen LogP contribution is 2.16. The molecule has 0 saturated heterocycles. The first-order chi connectivity index (χ1) is 8.24. The molecular formula is C11H13ClNO4S-. The highest BCUT2D eigenvalue weighted by Gasteiger charge is 2.23. The number of carboxylic acid groups (broad SMARTS) is 1. The molecular weight excluding hydrogens is 278 g/mol. The number of hydrogen-bond acceptors (Lipinski definition) is 4. The number of carboxylic acids is 1. The van der Waals surface area contributed by atoms with Crippen molar-refractivity contribution in [3.63, 3.8) is 0 Å². The maximum Gasteiger partial charge on any atom is 0.241 e. The van der Waals surface area contributed by atoms with Crippen LogP contribution in [0.2, 0.25) is 5.02 Å². The van der Waals surface area contributed by atoms with Crippen molar-refractivity contribution in [3.05, 3.63) is 29.3 Å². The third-order valence-corrected chi connectivity index (χ3v) is 3.98. The molecule has 1 rings (SSSR count). The molecule has 0 unspecified atom stereocenters. The monoisotopic (exact) mass is 290 g/mol. The summed E-state index contributed by atoms with van der Waals surface area (Å²) in [5, 5.41) is 11.1. The van der Waals surface area contributed by atoms with Crippen LogP contribution in [0.4, 0.5) is 0 Å². The lowest BCUT2D eigenvalue weighted by Crippen LogP contribution is -2.50. The molecule has 0 spiro atoms. The molecule has 1 N–H and O–H groups in total. The van der Waals surface area contributed by atoms with Crippen LogP contribution < -0.4 is 9.83 Å². The van der Waals surface area contributed by atoms with Crippen molar-refractivity contribution in [1.82, 2.24) is 4.72 Å². The second-order valence-electron chi connectivity index (χ2n) is 4.12. The minimum atomic E-state index is -3.93. The quantitative estimate of drug-likeness (QED) is 0.850. The van der Waals surface area contributed by atoms with Gasteiger partial charge in [0.2, 0.25) is 10.0 Å². The molecule has 0 saturated carbocycles. The largest absolute Gasteiger partial charge is 0.548 e. The summed E-state index contributed by atoms with van der Waals surface area (Å²) in [7, 11) is -3.93. The van der Waals surface area contributed by atoms with E-state index in [1.54, 1.807) is 13.8 Å². The van der Waals surface area contributed by atoms with Crippen molar-refractivity contribution in [2.75, 3.05) is 0 Å². The number of benzene rings is 1. The average molecular weight is 291 g/mol. The molecule has 0 aliphatic heterocycles. The van der Waals surface area contributed by atoms with Crippen LogP contribution in [0.3, 0.4) is 0 Å². The summed E-state index contributed by atoms with van der Waals surface area (Å²) in [6.07, 6.45) is 0. The van der Waals surface area contributed by atoms with Gasteiger partial charge < -0.3 is 9.90 Å². The van der Waals surface area contributed by atoms with Gasteiger partial charge in [-0.3, -0.25) is 0 Å². The molecule has 0 aromatic heterocycles. The molecule has 0 bridgehead atoms. The van der Waals surface area contributed by atoms with Crippen LogP contribution >= 0.6 is 11.6 Å². The maximum atomic E-state index is 11.9. The zero-order valence-corrected chi connectivity index (χ0v) is 11.5. The lowest BCUT2D eigenvalue weighted by molar-refractivity contribution is -0.309. The van der Waals surface area contributed by atoms with E-state index < -0.39 is 28.0 Å². The Morgan fingerprint density at radius 2 is 2.00 bits per heavy atom. The van der Waals surface area contributed by atoms with E-state index in [1.165, 1.54) is 24.3 Å². The predicted molar refractivity (Wildman–Crippen MR) is 65.4 cm³/mol. The second kappa shape index (κ2) is 5.69. The highest BCUT2D eigenvalue weighted by molar-refractivity contribution is 7.89. The summed E-state index contributed by atoms with van der Waals surface area (Å²) < 4.78 is 26.0. The summed E-state index contributed by atoms with van der Waals surface area (Å²) >= 11 is 5.69. The Kier molecular flexibility index (Phi) is 4.72. The average Bonchev–Trinajstić information content (AvgIpc) is 2.25. The predicted octanol–water partition coefficient (Wildman–Crippen LogP) is 0.393. The molecule has 1 aromatic carbocycles. The molecule has 18 heavy (non-hydrogen) atoms. The van der Waals surface area contributed by atoms with E-state index in [2.05, 4.69) is 4.72 Å². The zero-order chi connectivity index (χ0) is 13.9. The molecule has 0 aliphatic rings. The lowest BCUT2D eigenvalue weighted by Gasteiger charge is -2.23. The van der Waals surface area contributed by atoms with Gasteiger partial charge >= 0.3 is 0 Å². The van der Waals surface area contributed by atoms with Crippen molar-refractivity contribution < 1.29 is 18.3 Å². The van der Waals surface area contributed by atoms with E-state index in [9.17, 15) is 18.3 Å². The van der Waals surface area contributed by atoms with Gasteiger partial charge in [-0.15, -0.1) is 0 Å². The topological polar surface area (TPSA) is 86.3 Å². The number of carbonyl (C=O) groups excluding carboxylic acids is 1. The van der Waals surface area contributed by atoms with E-state index in [4.69, 9.17) is 11.6 Å². The standard InChI is InChI=1S/C11H14ClNO4S/c1-7(2)10(11(14)15)13-18(16,17)9-5-3-4-8(12)6-9/h3-7,10,13H,1-2H3,(H,14,15)/p-1/t10-/m1/s1. The molecule has 0 aliphatic carbocycles. The third kappa shape index (κ3) is 3.69. The number of rotatable bonds is 5. The molecule has 100 valence electrons. The first kappa shape index (κ1) is 14.9. The van der Waals surface area contributed by atoms with Crippen molar-refractivity contribution in [2.45, 2.75) is 24.8 Å². The van der Waals surface area contributed by atoms with Gasteiger partial charge in [0.05, 0.1) is 16.9 Å². The third-order valence-electron chi connectivity index (χ3n) is 2.31. The van der Waals surface area contributed by atoms with Gasteiger partial charge in [-0.2, -0.15) is 0 Å². The van der Waals surface area contributed by atoms with Crippen molar-refractivity contribution in [2.24, 2.45) is 5.92 Å². The van der Waals surface area contributed by atoms with E-state index in [0.717, 1.165) is 0 Å². The van der Waals surface area contributed by atoms with Crippen molar-refractivity contribution in [3.8, 4) is 0 Å². The molecule has 0 amide bonds. The number of hydrogen-bond donors (Lipinski definition) is 1. The van der Waals surface area contributed by atoms with Gasteiger partial charge in [0.25, 0.3) is 0 Å². The molecule has 1 aromatic rings. The minimum Gasteiger partial charge on any atom is -0.548 e. The van der Waals surface area contributed by atoms with Crippen molar-refractivity contribution >= 4 is 27.6 Å². The number of sulfonamides is 1. The van der Waals surface area contributed by atoms with Gasteiger partial charge in [0, 0.05) is 5.02 Å². The Morgan fingerprint density at radius 3 is 2.44 bits per heavy atom. The van der Waals surface area contributed by atoms with Crippen LogP contribution in [0.1, 0.15) is 13.8 Å². The number of carbonyl (C=O) groups is 1. The number of aliphatic carboxylic acids is 1. The Labute approximate surface area is 111 Å². The highest BCUT2D eigenvalue weighted by atomic mass is 35.5. The Hall–Kier alpha value is -1.11. The summed E-state index contributed by atoms with van der Waals surface area (Å²) in [6.45, 7) is 3.17. The lowest BCUT2D eigenvalue weighted by atomic mass is 10.1. The van der Waals surface area contributed by atoms with Crippen LogP contribution in [0, 0.1) is 5.92 Å². The van der Waals surface area contributed by atoms with Crippen molar-refractivity contribution in [1.29, 1.82) is 0 Å². The molecule has 1 atom stereocenters. The Balaban J connectivity index is 3.05. The number of halogens is 1. The first-order valence-corrected chi connectivity index (χ1v) is 7.09. The summed E-state index contributed by atoms with van der Waals surface area (Å²) in [6, 6.07) is 4.30. The zero-order valence-electron chi connectivity index (χ0n) is 9.88. The SMILES string of the molecule is CC(C)[C@@H](NS(=O)(=O)c1cccc(Cl)c1)C(=O)[O-]. The fourth-order valence-electron chi connectivity index (χ4n) is 1.33. The Morgan fingerprint density at radius 1 is 1.39 bits per heavy atom. The van der Waals surface area contributed by atoms with Crippen LogP contribution in [0.25, 0.3) is 0 Å². The minimum absolute atomic E-state index is 0.0816. The fourth-order valence-corrected chi connectivity index (χ4v) is 2.96. The number of nitrogens with one attached hydrogen (secondary N) is 1. The van der Waals surface area contributed by atoms with E-state index in [1.807, 2.05) is 0 Å². The fraction of sp³-hybridized carbons (Fsp3) is 0.364. The first-order valence-electron chi connectivity index (χ1n) is 5.23. The van der Waals surface area contributed by atoms with E-state index in [-0.39, 0.29) is 9.92 Å². The van der Waals surface area contributed by atoms with Gasteiger partial charge in [0.1, 0.15) is 0 Å². The van der Waals surface area contributed by atoms with Crippen LogP contribution in [0.15, 0.2) is 29.2 Å². The van der Waals surface area contributed by atoms with E-state index in [0.29, 0.717) is 0 Å². The van der Waals surface area contributed by atoms with Crippen LogP contribution in [-0.4, -0.2) is 20.4 Å². The van der Waals surface area contributed by atoms with Gasteiger partial charge in [-0.05, 0) is 24.1 Å². The van der Waals surface area contributed by atoms with E-state index >= 15 is 0 Å². The maximum absolute atomic E-state index is 11.9. The smallest absolute Gasteiger partial charge is 0.241 e. The normalized spacial score (nSPS) is 13.6. The van der Waals surface area contributed by atoms with Gasteiger partial charge in [-0.1, -0.05) is 31.5 Å². The second-order valence-corrected chi connectivity index (χ2v) is 6.27.